The molecule has 0 radical (unpaired) electrons. The molecule has 0 spiro atoms. The first-order valence-electron chi connectivity index (χ1n) is 10.8. The summed E-state index contributed by atoms with van der Waals surface area (Å²) in [5, 5.41) is 0. The molecule has 6 nitrogen and oxygen atoms in total. The second-order valence-corrected chi connectivity index (χ2v) is 7.83. The molecule has 0 amide bonds. The molecular formula is C25H27FN2O4. The average molecular weight is 438 g/mol. The van der Waals surface area contributed by atoms with Crippen molar-refractivity contribution in [1.29, 1.82) is 0 Å². The van der Waals surface area contributed by atoms with Gasteiger partial charge in [-0.15, -0.1) is 0 Å². The van der Waals surface area contributed by atoms with Crippen LogP contribution in [0.5, 0.6) is 0 Å². The standard InChI is InChI=1S/C25H27FN2O4/c1-3-31-24(29)25(17-30-14-11-21(25)20-7-5-4-6-8-20)32-16-19-9-10-23(22(26)15-19)28-13-12-27-18(28)2/h4-10,12-13,15,21H,3,11,14,16-17H2,1-2H3. The van der Waals surface area contributed by atoms with Gasteiger partial charge in [0.25, 0.3) is 0 Å². The van der Waals surface area contributed by atoms with Crippen molar-refractivity contribution in [3.05, 3.63) is 83.7 Å². The van der Waals surface area contributed by atoms with Gasteiger partial charge in [0.15, 0.2) is 5.60 Å². The van der Waals surface area contributed by atoms with Crippen LogP contribution in [0.1, 0.15) is 36.2 Å². The van der Waals surface area contributed by atoms with Gasteiger partial charge in [-0.2, -0.15) is 0 Å². The third-order valence-corrected chi connectivity index (χ3v) is 5.85. The number of halogens is 1. The minimum Gasteiger partial charge on any atom is -0.464 e. The molecule has 7 heteroatoms. The summed E-state index contributed by atoms with van der Waals surface area (Å²) in [6, 6.07) is 14.7. The van der Waals surface area contributed by atoms with Crippen molar-refractivity contribution < 1.29 is 23.4 Å². The lowest BCUT2D eigenvalue weighted by Crippen LogP contribution is -2.54. The van der Waals surface area contributed by atoms with Crippen molar-refractivity contribution in [2.24, 2.45) is 0 Å². The van der Waals surface area contributed by atoms with Crippen molar-refractivity contribution >= 4 is 5.97 Å². The number of benzene rings is 2. The lowest BCUT2D eigenvalue weighted by molar-refractivity contribution is -0.197. The van der Waals surface area contributed by atoms with Crippen molar-refractivity contribution in [2.75, 3.05) is 19.8 Å². The number of ether oxygens (including phenoxy) is 3. The van der Waals surface area contributed by atoms with E-state index in [1.165, 1.54) is 6.07 Å². The molecule has 32 heavy (non-hydrogen) atoms. The Labute approximate surface area is 186 Å². The van der Waals surface area contributed by atoms with Gasteiger partial charge in [0.2, 0.25) is 0 Å². The van der Waals surface area contributed by atoms with E-state index in [-0.39, 0.29) is 25.7 Å². The predicted molar refractivity (Wildman–Crippen MR) is 117 cm³/mol. The lowest BCUT2D eigenvalue weighted by Gasteiger charge is -2.41. The van der Waals surface area contributed by atoms with Gasteiger partial charge in [0.1, 0.15) is 11.6 Å². The van der Waals surface area contributed by atoms with Gasteiger partial charge < -0.3 is 18.8 Å². The molecule has 3 aromatic rings. The van der Waals surface area contributed by atoms with Crippen LogP contribution in [0.4, 0.5) is 4.39 Å². The summed E-state index contributed by atoms with van der Waals surface area (Å²) in [4.78, 5) is 17.3. The maximum absolute atomic E-state index is 14.9. The first-order chi connectivity index (χ1) is 15.5. The largest absolute Gasteiger partial charge is 0.464 e. The molecular weight excluding hydrogens is 411 g/mol. The summed E-state index contributed by atoms with van der Waals surface area (Å²) in [6.45, 7) is 4.47. The highest BCUT2D eigenvalue weighted by atomic mass is 19.1. The van der Waals surface area contributed by atoms with Gasteiger partial charge in [0, 0.05) is 24.9 Å². The Morgan fingerprint density at radius 3 is 2.78 bits per heavy atom. The summed E-state index contributed by atoms with van der Waals surface area (Å²) < 4.78 is 33.9. The summed E-state index contributed by atoms with van der Waals surface area (Å²) in [7, 11) is 0. The Bertz CT molecular complexity index is 1070. The zero-order valence-electron chi connectivity index (χ0n) is 18.3. The normalized spacial score (nSPS) is 20.8. The Morgan fingerprint density at radius 2 is 2.09 bits per heavy atom. The number of hydrogen-bond acceptors (Lipinski definition) is 5. The Hall–Kier alpha value is -3.03. The highest BCUT2D eigenvalue weighted by molar-refractivity contribution is 5.81. The van der Waals surface area contributed by atoms with E-state index >= 15 is 0 Å². The Balaban J connectivity index is 1.61. The van der Waals surface area contributed by atoms with Crippen LogP contribution in [0.25, 0.3) is 5.69 Å². The van der Waals surface area contributed by atoms with Gasteiger partial charge >= 0.3 is 5.97 Å². The van der Waals surface area contributed by atoms with Crippen LogP contribution in [0.15, 0.2) is 60.9 Å². The van der Waals surface area contributed by atoms with Crippen molar-refractivity contribution in [3.8, 4) is 5.69 Å². The maximum atomic E-state index is 14.9. The summed E-state index contributed by atoms with van der Waals surface area (Å²) in [6.07, 6.45) is 3.96. The molecule has 1 aliphatic rings. The average Bonchev–Trinajstić information content (AvgIpc) is 3.24. The second-order valence-electron chi connectivity index (χ2n) is 7.83. The van der Waals surface area contributed by atoms with Gasteiger partial charge in [-0.25, -0.2) is 14.2 Å². The molecule has 2 atom stereocenters. The highest BCUT2D eigenvalue weighted by Crippen LogP contribution is 2.40. The van der Waals surface area contributed by atoms with Crippen molar-refractivity contribution in [3.63, 3.8) is 0 Å². The van der Waals surface area contributed by atoms with Crippen LogP contribution in [-0.2, 0) is 25.6 Å². The topological polar surface area (TPSA) is 62.6 Å². The zero-order chi connectivity index (χ0) is 22.6. The van der Waals surface area contributed by atoms with E-state index in [4.69, 9.17) is 14.2 Å². The molecule has 4 rings (SSSR count). The molecule has 1 saturated heterocycles. The van der Waals surface area contributed by atoms with Gasteiger partial charge in [-0.05, 0) is 43.5 Å². The first-order valence-corrected chi connectivity index (χ1v) is 10.8. The monoisotopic (exact) mass is 438 g/mol. The molecule has 1 aromatic heterocycles. The fourth-order valence-electron chi connectivity index (χ4n) is 4.22. The lowest BCUT2D eigenvalue weighted by atomic mass is 9.78. The van der Waals surface area contributed by atoms with E-state index < -0.39 is 17.4 Å². The number of esters is 1. The summed E-state index contributed by atoms with van der Waals surface area (Å²) >= 11 is 0. The van der Waals surface area contributed by atoms with E-state index in [0.717, 1.165) is 5.56 Å². The predicted octanol–water partition coefficient (Wildman–Crippen LogP) is 4.34. The van der Waals surface area contributed by atoms with Crippen molar-refractivity contribution in [2.45, 2.75) is 38.4 Å². The van der Waals surface area contributed by atoms with Crippen LogP contribution in [0.3, 0.4) is 0 Å². The Morgan fingerprint density at radius 1 is 1.28 bits per heavy atom. The van der Waals surface area contributed by atoms with Gasteiger partial charge in [-0.3, -0.25) is 0 Å². The van der Waals surface area contributed by atoms with E-state index in [1.54, 1.807) is 36.0 Å². The number of imidazole rings is 1. The van der Waals surface area contributed by atoms with Crippen molar-refractivity contribution in [1.82, 2.24) is 9.55 Å². The molecule has 2 unspecified atom stereocenters. The van der Waals surface area contributed by atoms with E-state index in [9.17, 15) is 9.18 Å². The Kier molecular flexibility index (Phi) is 6.67. The summed E-state index contributed by atoms with van der Waals surface area (Å²) in [5.74, 6) is -0.384. The number of aryl methyl sites for hydroxylation is 1. The number of hydrogen-bond donors (Lipinski definition) is 0. The molecule has 1 fully saturated rings. The maximum Gasteiger partial charge on any atom is 0.341 e. The number of aromatic nitrogens is 2. The molecule has 2 heterocycles. The van der Waals surface area contributed by atoms with Crippen LogP contribution < -0.4 is 0 Å². The molecule has 0 N–H and O–H groups in total. The van der Waals surface area contributed by atoms with Gasteiger partial charge in [0.05, 0.1) is 25.5 Å². The second kappa shape index (κ2) is 9.63. The van der Waals surface area contributed by atoms with Crippen LogP contribution in [-0.4, -0.2) is 40.9 Å². The third-order valence-electron chi connectivity index (χ3n) is 5.85. The van der Waals surface area contributed by atoms with Crippen LogP contribution in [0, 0.1) is 12.7 Å². The fraction of sp³-hybridized carbons (Fsp3) is 0.360. The molecule has 0 saturated carbocycles. The quantitative estimate of drug-likeness (QED) is 0.514. The first kappa shape index (κ1) is 22.2. The van der Waals surface area contributed by atoms with E-state index in [2.05, 4.69) is 4.98 Å². The fourth-order valence-corrected chi connectivity index (χ4v) is 4.22. The van der Waals surface area contributed by atoms with Crippen LogP contribution >= 0.6 is 0 Å². The molecule has 1 aliphatic heterocycles. The van der Waals surface area contributed by atoms with E-state index in [0.29, 0.717) is 30.1 Å². The number of carbonyl (C=O) groups excluding carboxylic acids is 1. The zero-order valence-corrected chi connectivity index (χ0v) is 18.3. The third kappa shape index (κ3) is 4.31. The molecule has 0 aliphatic carbocycles. The minimum atomic E-state index is -1.30. The number of carbonyl (C=O) groups is 1. The number of nitrogens with zero attached hydrogens (tertiary/aromatic N) is 2. The van der Waals surface area contributed by atoms with Crippen LogP contribution in [0.2, 0.25) is 0 Å². The summed E-state index contributed by atoms with van der Waals surface area (Å²) in [5.41, 5.74) is 0.712. The number of rotatable bonds is 7. The molecule has 0 bridgehead atoms. The highest BCUT2D eigenvalue weighted by Gasteiger charge is 2.51. The molecule has 168 valence electrons. The van der Waals surface area contributed by atoms with Gasteiger partial charge in [-0.1, -0.05) is 36.4 Å². The minimum absolute atomic E-state index is 0.0472. The SMILES string of the molecule is CCOC(=O)C1(OCc2ccc(-n3ccnc3C)c(F)c2)COCCC1c1ccccc1. The smallest absolute Gasteiger partial charge is 0.341 e. The van der Waals surface area contributed by atoms with E-state index in [1.807, 2.05) is 37.3 Å². The molecule has 2 aromatic carbocycles.